The van der Waals surface area contributed by atoms with Crippen molar-refractivity contribution in [3.05, 3.63) is 53.3 Å². The Morgan fingerprint density at radius 3 is 2.70 bits per heavy atom. The van der Waals surface area contributed by atoms with Crippen LogP contribution in [0.5, 0.6) is 0 Å². The molecule has 0 unspecified atom stereocenters. The molecule has 8 heteroatoms. The average molecular weight is 414 g/mol. The minimum Gasteiger partial charge on any atom is -0.382 e. The third kappa shape index (κ3) is 4.74. The number of hydrogen-bond acceptors (Lipinski definition) is 3. The Morgan fingerprint density at radius 2 is 2.07 bits per heavy atom. The van der Waals surface area contributed by atoms with Gasteiger partial charge in [-0.1, -0.05) is 24.8 Å². The third-order valence-electron chi connectivity index (χ3n) is 4.53. The van der Waals surface area contributed by atoms with E-state index in [-0.39, 0.29) is 6.54 Å². The first kappa shape index (κ1) is 21.2. The van der Waals surface area contributed by atoms with Crippen molar-refractivity contribution in [2.75, 3.05) is 11.9 Å². The van der Waals surface area contributed by atoms with Crippen molar-refractivity contribution in [2.45, 2.75) is 32.9 Å². The average Bonchev–Trinajstić information content (AvgIpc) is 3.09. The molecule has 3 aromatic rings. The number of nitrogens with one attached hydrogen (secondary N) is 1. The molecule has 3 N–H and O–H groups in total. The fourth-order valence-corrected chi connectivity index (χ4v) is 3.13. The Hall–Kier alpha value is -3.47. The number of fused-ring (bicyclic) bond motifs is 1. The number of nitrogens with zero attached hydrogens (tertiary/aromatic N) is 2. The molecule has 0 aliphatic carbocycles. The molecule has 156 valence electrons. The number of benzene rings is 1. The lowest BCUT2D eigenvalue weighted by atomic mass is 10.0. The largest absolute Gasteiger partial charge is 0.390 e. The minimum absolute atomic E-state index is 0.265. The van der Waals surface area contributed by atoms with E-state index in [1.165, 1.54) is 0 Å². The van der Waals surface area contributed by atoms with E-state index in [0.717, 1.165) is 16.8 Å². The van der Waals surface area contributed by atoms with Crippen LogP contribution in [-0.4, -0.2) is 28.0 Å². The van der Waals surface area contributed by atoms with Crippen LogP contribution in [0.25, 0.3) is 16.9 Å². The van der Waals surface area contributed by atoms with Crippen molar-refractivity contribution < 1.29 is 18.0 Å². The smallest absolute Gasteiger partial charge is 0.382 e. The van der Waals surface area contributed by atoms with Crippen molar-refractivity contribution in [3.8, 4) is 23.1 Å². The summed E-state index contributed by atoms with van der Waals surface area (Å²) in [6.45, 7) is 3.44. The van der Waals surface area contributed by atoms with Crippen LogP contribution in [0.2, 0.25) is 0 Å². The van der Waals surface area contributed by atoms with Gasteiger partial charge in [0.1, 0.15) is 0 Å². The number of alkyl halides is 3. The van der Waals surface area contributed by atoms with E-state index < -0.39 is 18.5 Å². The van der Waals surface area contributed by atoms with Crippen molar-refractivity contribution in [3.63, 3.8) is 0 Å². The van der Waals surface area contributed by atoms with Gasteiger partial charge in [0.25, 0.3) is 0 Å². The topological polar surface area (TPSA) is 72.4 Å². The molecule has 0 bridgehead atoms. The van der Waals surface area contributed by atoms with Gasteiger partial charge in [0.05, 0.1) is 24.0 Å². The molecular formula is C22H21F3N4O. The van der Waals surface area contributed by atoms with E-state index in [0.29, 0.717) is 28.9 Å². The molecule has 0 spiro atoms. The quantitative estimate of drug-likeness (QED) is 0.603. The first-order valence-electron chi connectivity index (χ1n) is 9.41. The fourth-order valence-electron chi connectivity index (χ4n) is 3.13. The molecular weight excluding hydrogens is 393 g/mol. The van der Waals surface area contributed by atoms with Crippen LogP contribution in [-0.2, 0) is 0 Å². The van der Waals surface area contributed by atoms with Gasteiger partial charge in [0, 0.05) is 35.9 Å². The number of rotatable bonds is 5. The molecule has 3 rings (SSSR count). The van der Waals surface area contributed by atoms with Gasteiger partial charge in [-0.2, -0.15) is 13.2 Å². The summed E-state index contributed by atoms with van der Waals surface area (Å²) in [5.74, 6) is 5.48. The maximum atomic E-state index is 12.6. The molecule has 0 aliphatic heterocycles. The number of aryl methyl sites for hydroxylation is 1. The van der Waals surface area contributed by atoms with Crippen LogP contribution in [0.1, 0.15) is 41.3 Å². The van der Waals surface area contributed by atoms with E-state index in [9.17, 15) is 18.0 Å². The predicted octanol–water partition coefficient (Wildman–Crippen LogP) is 4.53. The summed E-state index contributed by atoms with van der Waals surface area (Å²) in [5, 5.41) is 2.83. The Labute approximate surface area is 172 Å². The molecule has 0 saturated heterocycles. The lowest BCUT2D eigenvalue weighted by Gasteiger charge is -2.12. The summed E-state index contributed by atoms with van der Waals surface area (Å²) in [6.07, 6.45) is -1.11. The summed E-state index contributed by atoms with van der Waals surface area (Å²) in [5.41, 5.74) is 9.67. The molecule has 0 fully saturated rings. The molecule has 0 saturated carbocycles. The minimum atomic E-state index is -4.25. The van der Waals surface area contributed by atoms with Gasteiger partial charge in [-0.25, -0.2) is 4.98 Å². The molecule has 2 heterocycles. The number of pyridine rings is 1. The Balaban J connectivity index is 2.08. The summed E-state index contributed by atoms with van der Waals surface area (Å²) < 4.78 is 39.5. The lowest BCUT2D eigenvalue weighted by Crippen LogP contribution is -2.15. The normalized spacial score (nSPS) is 11.2. The van der Waals surface area contributed by atoms with E-state index >= 15 is 0 Å². The molecule has 0 atom stereocenters. The van der Waals surface area contributed by atoms with Crippen LogP contribution in [0, 0.1) is 18.8 Å². The number of carbonyl (C=O) groups is 1. The second-order valence-corrected chi connectivity index (χ2v) is 6.82. The van der Waals surface area contributed by atoms with E-state index in [1.807, 2.05) is 13.0 Å². The summed E-state index contributed by atoms with van der Waals surface area (Å²) in [7, 11) is 0. The Morgan fingerprint density at radius 1 is 1.30 bits per heavy atom. The lowest BCUT2D eigenvalue weighted by molar-refractivity contribution is -0.131. The Bertz CT molecular complexity index is 1150. The second-order valence-electron chi connectivity index (χ2n) is 6.82. The second kappa shape index (κ2) is 8.49. The summed E-state index contributed by atoms with van der Waals surface area (Å²) in [6, 6.07) is 6.94. The van der Waals surface area contributed by atoms with Crippen LogP contribution in [0.15, 0.2) is 36.7 Å². The number of aromatic nitrogens is 2. The predicted molar refractivity (Wildman–Crippen MR) is 110 cm³/mol. The molecule has 1 amide bonds. The summed E-state index contributed by atoms with van der Waals surface area (Å²) >= 11 is 0. The zero-order valence-corrected chi connectivity index (χ0v) is 16.6. The highest BCUT2D eigenvalue weighted by Gasteiger charge is 2.26. The number of amides is 1. The highest BCUT2D eigenvalue weighted by Crippen LogP contribution is 2.28. The van der Waals surface area contributed by atoms with Crippen molar-refractivity contribution in [1.29, 1.82) is 0 Å². The highest BCUT2D eigenvalue weighted by molar-refractivity contribution is 5.95. The molecule has 0 aliphatic rings. The van der Waals surface area contributed by atoms with Crippen molar-refractivity contribution in [2.24, 2.45) is 5.73 Å². The Kier molecular flexibility index (Phi) is 6.01. The number of carbonyl (C=O) groups excluding carboxylic acids is 1. The number of imidazole rings is 1. The van der Waals surface area contributed by atoms with Crippen LogP contribution in [0.4, 0.5) is 18.9 Å². The van der Waals surface area contributed by atoms with E-state index in [2.05, 4.69) is 22.1 Å². The number of anilines is 1. The van der Waals surface area contributed by atoms with Gasteiger partial charge in [-0.05, 0) is 30.7 Å². The number of nitrogens with two attached hydrogens (primary N) is 1. The number of hydrogen-bond donors (Lipinski definition) is 2. The molecule has 1 aromatic carbocycles. The van der Waals surface area contributed by atoms with Crippen LogP contribution in [0.3, 0.4) is 0 Å². The first-order chi connectivity index (χ1) is 14.2. The van der Waals surface area contributed by atoms with Crippen LogP contribution < -0.4 is 11.1 Å². The van der Waals surface area contributed by atoms with E-state index in [4.69, 9.17) is 5.73 Å². The van der Waals surface area contributed by atoms with Gasteiger partial charge >= 0.3 is 6.18 Å². The number of primary amides is 1. The van der Waals surface area contributed by atoms with Crippen LogP contribution >= 0.6 is 0 Å². The zero-order chi connectivity index (χ0) is 21.9. The third-order valence-corrected chi connectivity index (χ3v) is 4.53. The van der Waals surface area contributed by atoms with E-state index in [1.54, 1.807) is 41.9 Å². The van der Waals surface area contributed by atoms with Gasteiger partial charge in [-0.3, -0.25) is 9.20 Å². The van der Waals surface area contributed by atoms with Gasteiger partial charge in [0.2, 0.25) is 5.91 Å². The van der Waals surface area contributed by atoms with Gasteiger partial charge in [-0.15, -0.1) is 0 Å². The molecule has 30 heavy (non-hydrogen) atoms. The fraction of sp³-hybridized carbons (Fsp3) is 0.273. The van der Waals surface area contributed by atoms with Crippen molar-refractivity contribution >= 4 is 17.2 Å². The zero-order valence-electron chi connectivity index (χ0n) is 16.6. The monoisotopic (exact) mass is 414 g/mol. The standard InChI is InChI=1S/C22H21F3N4O/c1-3-4-5-15-11-18(27-9-8-22(23,24)25)21-28-12-19(29(21)13-15)16-6-7-17(20(26)30)14(2)10-16/h6-7,10-13,27H,3,8-9H2,1-2H3,(H2,26,30). The summed E-state index contributed by atoms with van der Waals surface area (Å²) in [4.78, 5) is 15.9. The highest BCUT2D eigenvalue weighted by atomic mass is 19.4. The maximum Gasteiger partial charge on any atom is 0.390 e. The molecule has 2 aromatic heterocycles. The van der Waals surface area contributed by atoms with Gasteiger partial charge < -0.3 is 11.1 Å². The first-order valence-corrected chi connectivity index (χ1v) is 9.41. The van der Waals surface area contributed by atoms with Crippen molar-refractivity contribution in [1.82, 2.24) is 9.38 Å². The SMILES string of the molecule is CCC#Cc1cc(NCCC(F)(F)F)c2ncc(-c3ccc(C(N)=O)c(C)c3)n2c1. The molecule has 0 radical (unpaired) electrons. The molecule has 5 nitrogen and oxygen atoms in total. The number of halogens is 3. The van der Waals surface area contributed by atoms with Gasteiger partial charge in [0.15, 0.2) is 5.65 Å². The maximum absolute atomic E-state index is 12.6.